The summed E-state index contributed by atoms with van der Waals surface area (Å²) >= 11 is 0. The summed E-state index contributed by atoms with van der Waals surface area (Å²) in [4.78, 5) is 24.0. The van der Waals surface area contributed by atoms with Gasteiger partial charge in [-0.15, -0.1) is 0 Å². The number of ketones is 1. The van der Waals surface area contributed by atoms with E-state index in [2.05, 4.69) is 5.32 Å². The first-order valence-electron chi connectivity index (χ1n) is 7.10. The largest absolute Gasteiger partial charge is 0.462 e. The van der Waals surface area contributed by atoms with Crippen molar-refractivity contribution in [3.8, 4) is 6.07 Å². The highest BCUT2D eigenvalue weighted by Gasteiger charge is 2.24. The lowest BCUT2D eigenvalue weighted by Crippen LogP contribution is -2.33. The van der Waals surface area contributed by atoms with Crippen LogP contribution >= 0.6 is 0 Å². The van der Waals surface area contributed by atoms with Crippen molar-refractivity contribution < 1.29 is 14.0 Å². The number of amides is 1. The Labute approximate surface area is 134 Å². The molecule has 2 rings (SSSR count). The molecule has 0 saturated carbocycles. The molecular weight excluding hydrogens is 292 g/mol. The first-order valence-corrected chi connectivity index (χ1v) is 7.10. The molecule has 116 valence electrons. The molecule has 5 heteroatoms. The Morgan fingerprint density at radius 2 is 2.00 bits per heavy atom. The molecule has 23 heavy (non-hydrogen) atoms. The Kier molecular flexibility index (Phi) is 5.48. The third-order valence-corrected chi connectivity index (χ3v) is 3.16. The lowest BCUT2D eigenvalue weighted by Gasteiger charge is -2.07. The molecule has 0 aliphatic rings. The Balaban J connectivity index is 1.95. The summed E-state index contributed by atoms with van der Waals surface area (Å²) < 4.78 is 5.29. The predicted octanol–water partition coefficient (Wildman–Crippen LogP) is 2.63. The van der Waals surface area contributed by atoms with Crippen LogP contribution in [-0.2, 0) is 16.1 Å². The summed E-state index contributed by atoms with van der Waals surface area (Å²) in [5, 5.41) is 11.7. The number of benzene rings is 1. The summed E-state index contributed by atoms with van der Waals surface area (Å²) in [6.45, 7) is 2.06. The zero-order valence-corrected chi connectivity index (χ0v) is 12.7. The quantitative estimate of drug-likeness (QED) is 0.657. The highest BCUT2D eigenvalue weighted by atomic mass is 16.3. The number of hydrogen-bond donors (Lipinski definition) is 1. The van der Waals surface area contributed by atoms with Crippen LogP contribution < -0.4 is 5.32 Å². The average molecular weight is 308 g/mol. The zero-order chi connectivity index (χ0) is 16.7. The van der Waals surface area contributed by atoms with Crippen LogP contribution in [0, 0.1) is 24.2 Å². The van der Waals surface area contributed by atoms with E-state index in [0.29, 0.717) is 5.76 Å². The molecular formula is C18H16N2O3. The molecule has 1 aromatic heterocycles. The first-order chi connectivity index (χ1) is 11.1. The van der Waals surface area contributed by atoms with Crippen molar-refractivity contribution in [2.24, 2.45) is 5.92 Å². The molecule has 0 unspecified atom stereocenters. The van der Waals surface area contributed by atoms with Crippen molar-refractivity contribution in [1.82, 2.24) is 5.32 Å². The Morgan fingerprint density at radius 1 is 1.26 bits per heavy atom. The van der Waals surface area contributed by atoms with Gasteiger partial charge < -0.3 is 9.73 Å². The van der Waals surface area contributed by atoms with Gasteiger partial charge in [0.15, 0.2) is 11.7 Å². The number of rotatable bonds is 6. The maximum atomic E-state index is 12.0. The maximum Gasteiger partial charge on any atom is 0.245 e. The van der Waals surface area contributed by atoms with Gasteiger partial charge >= 0.3 is 0 Å². The van der Waals surface area contributed by atoms with E-state index in [-0.39, 0.29) is 6.54 Å². The molecule has 1 amide bonds. The van der Waals surface area contributed by atoms with Crippen molar-refractivity contribution in [3.05, 3.63) is 65.6 Å². The lowest BCUT2D eigenvalue weighted by molar-refractivity contribution is -0.129. The van der Waals surface area contributed by atoms with Gasteiger partial charge in [-0.3, -0.25) is 9.59 Å². The van der Waals surface area contributed by atoms with Crippen LogP contribution in [0.25, 0.3) is 6.08 Å². The molecule has 1 N–H and O–H groups in total. The van der Waals surface area contributed by atoms with Crippen molar-refractivity contribution in [1.29, 1.82) is 5.26 Å². The smallest absolute Gasteiger partial charge is 0.245 e. The number of hydrogen-bond acceptors (Lipinski definition) is 4. The van der Waals surface area contributed by atoms with Gasteiger partial charge in [0, 0.05) is 6.54 Å². The number of nitrogens with one attached hydrogen (secondary N) is 1. The van der Waals surface area contributed by atoms with Crippen molar-refractivity contribution >= 4 is 17.8 Å². The minimum atomic E-state index is -1.37. The van der Waals surface area contributed by atoms with Crippen LogP contribution in [0.3, 0.4) is 0 Å². The third kappa shape index (κ3) is 4.68. The average Bonchev–Trinajstić information content (AvgIpc) is 2.98. The number of furan rings is 1. The summed E-state index contributed by atoms with van der Waals surface area (Å²) in [7, 11) is 0. The zero-order valence-electron chi connectivity index (χ0n) is 12.7. The molecule has 0 aliphatic heterocycles. The van der Waals surface area contributed by atoms with E-state index in [1.54, 1.807) is 25.1 Å². The Bertz CT molecular complexity index is 754. The molecule has 0 radical (unpaired) electrons. The van der Waals surface area contributed by atoms with Gasteiger partial charge in [-0.25, -0.2) is 0 Å². The SMILES string of the molecule is Cc1ccc(/C=C/C(=O)[C@@H](C#N)C(=O)NCc2ccccc2)o1. The van der Waals surface area contributed by atoms with Gasteiger partial charge in [-0.05, 0) is 36.8 Å². The van der Waals surface area contributed by atoms with E-state index in [0.717, 1.165) is 11.3 Å². The third-order valence-electron chi connectivity index (χ3n) is 3.16. The number of allylic oxidation sites excluding steroid dienone is 1. The number of nitriles is 1. The van der Waals surface area contributed by atoms with Gasteiger partial charge in [0.05, 0.1) is 6.07 Å². The van der Waals surface area contributed by atoms with E-state index in [1.807, 2.05) is 30.3 Å². The van der Waals surface area contributed by atoms with E-state index < -0.39 is 17.6 Å². The first kappa shape index (κ1) is 16.2. The summed E-state index contributed by atoms with van der Waals surface area (Å²) in [6, 6.07) is 14.5. The molecule has 2 aromatic rings. The standard InChI is InChI=1S/C18H16N2O3/c1-13-7-8-15(23-13)9-10-17(21)16(11-19)18(22)20-12-14-5-3-2-4-6-14/h2-10,16H,12H2,1H3,(H,20,22)/b10-9+/t16-/m1/s1. The van der Waals surface area contributed by atoms with Crippen LogP contribution in [0.15, 0.2) is 53.0 Å². The van der Waals surface area contributed by atoms with E-state index in [4.69, 9.17) is 9.68 Å². The summed E-state index contributed by atoms with van der Waals surface area (Å²) in [5.41, 5.74) is 0.895. The molecule has 1 heterocycles. The molecule has 0 bridgehead atoms. The second-order valence-electron chi connectivity index (χ2n) is 4.95. The molecule has 0 fully saturated rings. The minimum Gasteiger partial charge on any atom is -0.462 e. The fraction of sp³-hybridized carbons (Fsp3) is 0.167. The molecule has 0 saturated heterocycles. The van der Waals surface area contributed by atoms with Crippen LogP contribution in [0.2, 0.25) is 0 Å². The lowest BCUT2D eigenvalue weighted by atomic mass is 10.0. The maximum absolute atomic E-state index is 12.0. The van der Waals surface area contributed by atoms with Crippen LogP contribution in [-0.4, -0.2) is 11.7 Å². The minimum absolute atomic E-state index is 0.270. The van der Waals surface area contributed by atoms with Crippen LogP contribution in [0.4, 0.5) is 0 Å². The number of nitrogens with zero attached hydrogens (tertiary/aromatic N) is 1. The van der Waals surface area contributed by atoms with Crippen LogP contribution in [0.5, 0.6) is 0 Å². The molecule has 0 aliphatic carbocycles. The number of carbonyl (C=O) groups excluding carboxylic acids is 2. The molecule has 1 atom stereocenters. The van der Waals surface area contributed by atoms with E-state index in [9.17, 15) is 9.59 Å². The van der Waals surface area contributed by atoms with Crippen molar-refractivity contribution in [2.75, 3.05) is 0 Å². The highest BCUT2D eigenvalue weighted by Crippen LogP contribution is 2.09. The summed E-state index contributed by atoms with van der Waals surface area (Å²) in [5.74, 6) is -1.34. The van der Waals surface area contributed by atoms with Crippen molar-refractivity contribution in [2.45, 2.75) is 13.5 Å². The fourth-order valence-electron chi connectivity index (χ4n) is 1.94. The normalized spacial score (nSPS) is 11.8. The van der Waals surface area contributed by atoms with Gasteiger partial charge in [-0.1, -0.05) is 30.3 Å². The number of aryl methyl sites for hydroxylation is 1. The van der Waals surface area contributed by atoms with Gasteiger partial charge in [0.25, 0.3) is 0 Å². The fourth-order valence-corrected chi connectivity index (χ4v) is 1.94. The number of carbonyl (C=O) groups is 2. The summed E-state index contributed by atoms with van der Waals surface area (Å²) in [6.07, 6.45) is 2.64. The Hall–Kier alpha value is -3.13. The topological polar surface area (TPSA) is 83.1 Å². The molecule has 1 aromatic carbocycles. The second-order valence-corrected chi connectivity index (χ2v) is 4.95. The van der Waals surface area contributed by atoms with E-state index in [1.165, 1.54) is 12.2 Å². The Morgan fingerprint density at radius 3 is 2.61 bits per heavy atom. The van der Waals surface area contributed by atoms with Gasteiger partial charge in [-0.2, -0.15) is 5.26 Å². The monoisotopic (exact) mass is 308 g/mol. The van der Waals surface area contributed by atoms with Gasteiger partial charge in [0.1, 0.15) is 11.5 Å². The van der Waals surface area contributed by atoms with Crippen molar-refractivity contribution in [3.63, 3.8) is 0 Å². The molecule has 5 nitrogen and oxygen atoms in total. The highest BCUT2D eigenvalue weighted by molar-refractivity contribution is 6.10. The van der Waals surface area contributed by atoms with Gasteiger partial charge in [0.2, 0.25) is 5.91 Å². The van der Waals surface area contributed by atoms with Crippen LogP contribution in [0.1, 0.15) is 17.1 Å². The van der Waals surface area contributed by atoms with E-state index >= 15 is 0 Å². The molecule has 0 spiro atoms. The second kappa shape index (κ2) is 7.76. The predicted molar refractivity (Wildman–Crippen MR) is 84.9 cm³/mol.